The van der Waals surface area contributed by atoms with E-state index in [1.165, 1.54) is 4.40 Å². The van der Waals surface area contributed by atoms with Crippen LogP contribution in [0.2, 0.25) is 0 Å². The molecule has 0 unspecified atom stereocenters. The molecule has 8 nitrogen and oxygen atoms in total. The third-order valence-electron chi connectivity index (χ3n) is 6.17. The molecule has 5 rings (SSSR count). The highest BCUT2D eigenvalue weighted by Crippen LogP contribution is 2.24. The summed E-state index contributed by atoms with van der Waals surface area (Å²) < 4.78 is 14.2. The van der Waals surface area contributed by atoms with Gasteiger partial charge in [0, 0.05) is 17.5 Å². The van der Waals surface area contributed by atoms with E-state index in [0.29, 0.717) is 39.7 Å². The van der Waals surface area contributed by atoms with E-state index in [1.807, 2.05) is 48.9 Å². The van der Waals surface area contributed by atoms with Crippen LogP contribution in [0.1, 0.15) is 27.3 Å². The van der Waals surface area contributed by atoms with Crippen LogP contribution in [0.5, 0.6) is 11.5 Å². The minimum absolute atomic E-state index is 0.205. The molecular formula is C29H26N4O4. The lowest BCUT2D eigenvalue weighted by Gasteiger charge is -2.11. The van der Waals surface area contributed by atoms with Gasteiger partial charge in [0.1, 0.15) is 11.4 Å². The van der Waals surface area contributed by atoms with Crippen molar-refractivity contribution in [1.29, 1.82) is 0 Å². The molecule has 0 atom stereocenters. The van der Waals surface area contributed by atoms with Crippen molar-refractivity contribution in [3.63, 3.8) is 0 Å². The zero-order valence-corrected chi connectivity index (χ0v) is 21.1. The average Bonchev–Trinajstić information content (AvgIpc) is 3.28. The van der Waals surface area contributed by atoms with Crippen molar-refractivity contribution in [3.8, 4) is 28.4 Å². The highest BCUT2D eigenvalue weighted by Gasteiger charge is 2.19. The number of ketones is 1. The molecule has 0 aliphatic carbocycles. The van der Waals surface area contributed by atoms with Crippen molar-refractivity contribution in [2.24, 2.45) is 0 Å². The van der Waals surface area contributed by atoms with Crippen LogP contribution in [0.4, 0.5) is 0 Å². The third-order valence-corrected chi connectivity index (χ3v) is 6.17. The topological polar surface area (TPSA) is 87.7 Å². The zero-order valence-electron chi connectivity index (χ0n) is 21.1. The Kier molecular flexibility index (Phi) is 6.31. The summed E-state index contributed by atoms with van der Waals surface area (Å²) in [6, 6.07) is 20.2. The lowest BCUT2D eigenvalue weighted by atomic mass is 10.1. The predicted molar refractivity (Wildman–Crippen MR) is 141 cm³/mol. The van der Waals surface area contributed by atoms with Gasteiger partial charge in [0.05, 0.1) is 24.1 Å². The van der Waals surface area contributed by atoms with Crippen molar-refractivity contribution in [1.82, 2.24) is 19.2 Å². The first kappa shape index (κ1) is 24.0. The van der Waals surface area contributed by atoms with Gasteiger partial charge < -0.3 is 9.47 Å². The van der Waals surface area contributed by atoms with Crippen molar-refractivity contribution in [2.45, 2.75) is 20.8 Å². The molecule has 2 aromatic carbocycles. The van der Waals surface area contributed by atoms with Gasteiger partial charge in [0.25, 0.3) is 5.56 Å². The lowest BCUT2D eigenvalue weighted by Crippen LogP contribution is -2.20. The Balaban J connectivity index is 1.48. The number of nitrogens with zero attached hydrogens (tertiary/aromatic N) is 4. The fraction of sp³-hybridized carbons (Fsp3) is 0.172. The quantitative estimate of drug-likeness (QED) is 0.304. The number of rotatable bonds is 7. The number of benzene rings is 2. The molecule has 3 aromatic heterocycles. The minimum Gasteiger partial charge on any atom is -0.497 e. The smallest absolute Gasteiger partial charge is 0.267 e. The number of aryl methyl sites for hydroxylation is 3. The number of Topliss-reactive ketones (excluding diaryl/α,β-unsaturated/α-hetero) is 1. The summed E-state index contributed by atoms with van der Waals surface area (Å²) in [5.41, 5.74) is 5.00. The van der Waals surface area contributed by atoms with Crippen LogP contribution in [-0.2, 0) is 0 Å². The zero-order chi connectivity index (χ0) is 26.1. The highest BCUT2D eigenvalue weighted by molar-refractivity contribution is 5.97. The fourth-order valence-electron chi connectivity index (χ4n) is 4.22. The Morgan fingerprint density at radius 1 is 0.973 bits per heavy atom. The van der Waals surface area contributed by atoms with Gasteiger partial charge >= 0.3 is 0 Å². The highest BCUT2D eigenvalue weighted by atomic mass is 16.5. The fourth-order valence-corrected chi connectivity index (χ4v) is 4.22. The van der Waals surface area contributed by atoms with Gasteiger partial charge in [-0.05, 0) is 63.2 Å². The number of fused-ring (bicyclic) bond motifs is 1. The standard InChI is InChI=1S/C29H26N4O4/c1-18-10-12-22(13-11-18)33-19(2)15-24(31-33)27-20(3)30-28-26(9-6-14-32(28)29(27)35)37-17-25(34)21-7-5-8-23(16-21)36-4/h5-16H,17H2,1-4H3. The summed E-state index contributed by atoms with van der Waals surface area (Å²) in [5.74, 6) is 0.716. The van der Waals surface area contributed by atoms with Crippen molar-refractivity contribution in [2.75, 3.05) is 13.7 Å². The van der Waals surface area contributed by atoms with Crippen molar-refractivity contribution in [3.05, 3.63) is 106 Å². The van der Waals surface area contributed by atoms with Gasteiger partial charge in [-0.1, -0.05) is 29.8 Å². The number of carbonyl (C=O) groups is 1. The molecule has 5 aromatic rings. The van der Waals surface area contributed by atoms with Crippen molar-refractivity contribution < 1.29 is 14.3 Å². The van der Waals surface area contributed by atoms with Crippen LogP contribution in [0, 0.1) is 20.8 Å². The molecule has 0 fully saturated rings. The molecule has 0 spiro atoms. The predicted octanol–water partition coefficient (Wildman–Crippen LogP) is 4.74. The van der Waals surface area contributed by atoms with Gasteiger partial charge in [-0.15, -0.1) is 0 Å². The summed E-state index contributed by atoms with van der Waals surface area (Å²) in [4.78, 5) is 30.9. The number of hydrogen-bond donors (Lipinski definition) is 0. The van der Waals surface area contributed by atoms with E-state index in [9.17, 15) is 9.59 Å². The van der Waals surface area contributed by atoms with Crippen LogP contribution in [0.25, 0.3) is 22.6 Å². The molecule has 0 saturated heterocycles. The second kappa shape index (κ2) is 9.73. The van der Waals surface area contributed by atoms with E-state index in [-0.39, 0.29) is 17.9 Å². The van der Waals surface area contributed by atoms with E-state index in [2.05, 4.69) is 4.98 Å². The number of methoxy groups -OCH3 is 1. The van der Waals surface area contributed by atoms with E-state index >= 15 is 0 Å². The molecule has 0 saturated carbocycles. The van der Waals surface area contributed by atoms with Gasteiger partial charge in [-0.2, -0.15) is 5.10 Å². The Labute approximate surface area is 213 Å². The van der Waals surface area contributed by atoms with E-state index < -0.39 is 0 Å². The molecule has 0 N–H and O–H groups in total. The van der Waals surface area contributed by atoms with Crippen LogP contribution in [-0.4, -0.2) is 38.7 Å². The molecule has 3 heterocycles. The molecule has 37 heavy (non-hydrogen) atoms. The number of aromatic nitrogens is 4. The summed E-state index contributed by atoms with van der Waals surface area (Å²) in [6.45, 7) is 5.55. The first-order chi connectivity index (χ1) is 17.9. The van der Waals surface area contributed by atoms with Crippen LogP contribution in [0.15, 0.2) is 77.7 Å². The maximum Gasteiger partial charge on any atom is 0.267 e. The normalized spacial score (nSPS) is 11.0. The monoisotopic (exact) mass is 494 g/mol. The first-order valence-corrected chi connectivity index (χ1v) is 11.8. The van der Waals surface area contributed by atoms with Crippen LogP contribution < -0.4 is 15.0 Å². The maximum atomic E-state index is 13.6. The van der Waals surface area contributed by atoms with Gasteiger partial charge in [0.15, 0.2) is 23.8 Å². The van der Waals surface area contributed by atoms with Crippen LogP contribution in [0.3, 0.4) is 0 Å². The first-order valence-electron chi connectivity index (χ1n) is 11.8. The lowest BCUT2D eigenvalue weighted by molar-refractivity contribution is 0.0922. The summed E-state index contributed by atoms with van der Waals surface area (Å²) in [7, 11) is 1.55. The Hall–Kier alpha value is -4.72. The number of pyridine rings is 1. The minimum atomic E-state index is -0.263. The van der Waals surface area contributed by atoms with Crippen LogP contribution >= 0.6 is 0 Å². The Morgan fingerprint density at radius 3 is 2.51 bits per heavy atom. The van der Waals surface area contributed by atoms with E-state index in [1.54, 1.807) is 56.6 Å². The molecule has 0 amide bonds. The largest absolute Gasteiger partial charge is 0.497 e. The third kappa shape index (κ3) is 4.61. The number of carbonyl (C=O) groups excluding carboxylic acids is 1. The van der Waals surface area contributed by atoms with Gasteiger partial charge in [0.2, 0.25) is 0 Å². The second-order valence-corrected chi connectivity index (χ2v) is 8.81. The van der Waals surface area contributed by atoms with E-state index in [4.69, 9.17) is 14.6 Å². The number of ether oxygens (including phenoxy) is 2. The maximum absolute atomic E-state index is 13.6. The van der Waals surface area contributed by atoms with Crippen molar-refractivity contribution >= 4 is 11.4 Å². The Morgan fingerprint density at radius 2 is 1.76 bits per heavy atom. The SMILES string of the molecule is COc1cccc(C(=O)COc2cccn3c(=O)c(-c4cc(C)n(-c5ccc(C)cc5)n4)c(C)nc23)c1. The molecule has 0 bridgehead atoms. The second-order valence-electron chi connectivity index (χ2n) is 8.81. The summed E-state index contributed by atoms with van der Waals surface area (Å²) in [5, 5.41) is 4.72. The summed E-state index contributed by atoms with van der Waals surface area (Å²) >= 11 is 0. The molecule has 0 aliphatic rings. The van der Waals surface area contributed by atoms with E-state index in [0.717, 1.165) is 16.9 Å². The summed E-state index contributed by atoms with van der Waals surface area (Å²) in [6.07, 6.45) is 1.63. The van der Waals surface area contributed by atoms with Gasteiger partial charge in [-0.25, -0.2) is 9.67 Å². The molecule has 0 radical (unpaired) electrons. The molecular weight excluding hydrogens is 468 g/mol. The molecule has 8 heteroatoms. The van der Waals surface area contributed by atoms with Gasteiger partial charge in [-0.3, -0.25) is 14.0 Å². The molecule has 0 aliphatic heterocycles. The average molecular weight is 495 g/mol. The number of hydrogen-bond acceptors (Lipinski definition) is 6. The Bertz CT molecular complexity index is 1680. The molecule has 186 valence electrons.